The Morgan fingerprint density at radius 1 is 1.44 bits per heavy atom. The Bertz CT molecular complexity index is 387. The number of aliphatic imine (C=N–C) groups is 1. The number of halogens is 1. The van der Waals surface area contributed by atoms with E-state index in [2.05, 4.69) is 39.7 Å². The number of aromatic nitrogens is 3. The quantitative estimate of drug-likeness (QED) is 0.478. The van der Waals surface area contributed by atoms with E-state index in [-0.39, 0.29) is 24.0 Å². The Balaban J connectivity index is 0.00000289. The lowest BCUT2D eigenvalue weighted by Crippen LogP contribution is -2.41. The van der Waals surface area contributed by atoms with Crippen LogP contribution >= 0.6 is 24.0 Å². The van der Waals surface area contributed by atoms with Gasteiger partial charge in [-0.3, -0.25) is 4.99 Å². The van der Waals surface area contributed by atoms with Crippen molar-refractivity contribution in [2.45, 2.75) is 39.8 Å². The zero-order valence-corrected chi connectivity index (χ0v) is 14.0. The highest BCUT2D eigenvalue weighted by Crippen LogP contribution is 1.96. The van der Waals surface area contributed by atoms with Gasteiger partial charge in [-0.25, -0.2) is 0 Å². The summed E-state index contributed by atoms with van der Waals surface area (Å²) in [7, 11) is 3.72. The van der Waals surface area contributed by atoms with Crippen LogP contribution in [0.5, 0.6) is 0 Å². The molecule has 1 unspecified atom stereocenters. The SMILES string of the molecule is CCC(C)NC(=NC)NCc1nnc(C)n1C.I. The van der Waals surface area contributed by atoms with Crippen molar-refractivity contribution in [3.05, 3.63) is 11.6 Å². The highest BCUT2D eigenvalue weighted by molar-refractivity contribution is 14.0. The summed E-state index contributed by atoms with van der Waals surface area (Å²) >= 11 is 0. The topological polar surface area (TPSA) is 67.1 Å². The lowest BCUT2D eigenvalue weighted by molar-refractivity contribution is 0.618. The number of nitrogens with one attached hydrogen (secondary N) is 2. The molecule has 0 aliphatic rings. The predicted molar refractivity (Wildman–Crippen MR) is 84.2 cm³/mol. The standard InChI is InChI=1S/C11H22N6.HI/c1-6-8(2)14-11(12-4)13-7-10-16-15-9(3)17(10)5;/h8H,6-7H2,1-5H3,(H2,12,13,14);1H. The third-order valence-corrected chi connectivity index (χ3v) is 2.82. The average Bonchev–Trinajstić information content (AvgIpc) is 2.65. The monoisotopic (exact) mass is 366 g/mol. The molecule has 0 saturated heterocycles. The van der Waals surface area contributed by atoms with Crippen LogP contribution in [0.2, 0.25) is 0 Å². The van der Waals surface area contributed by atoms with Crippen LogP contribution in [0.4, 0.5) is 0 Å². The van der Waals surface area contributed by atoms with E-state index in [0.717, 1.165) is 24.0 Å². The van der Waals surface area contributed by atoms with Gasteiger partial charge in [0.2, 0.25) is 0 Å². The van der Waals surface area contributed by atoms with Crippen LogP contribution in [-0.2, 0) is 13.6 Å². The molecule has 104 valence electrons. The van der Waals surface area contributed by atoms with Crippen molar-refractivity contribution in [1.29, 1.82) is 0 Å². The summed E-state index contributed by atoms with van der Waals surface area (Å²) in [5.74, 6) is 2.60. The molecular weight excluding hydrogens is 343 g/mol. The molecule has 18 heavy (non-hydrogen) atoms. The lowest BCUT2D eigenvalue weighted by atomic mass is 10.3. The maximum absolute atomic E-state index is 4.16. The zero-order valence-electron chi connectivity index (χ0n) is 11.7. The molecule has 1 aromatic heterocycles. The molecule has 1 aromatic rings. The first kappa shape index (κ1) is 17.1. The van der Waals surface area contributed by atoms with Crippen molar-refractivity contribution >= 4 is 29.9 Å². The van der Waals surface area contributed by atoms with Crippen molar-refractivity contribution in [2.24, 2.45) is 12.0 Å². The molecular formula is C11H23IN6. The highest BCUT2D eigenvalue weighted by atomic mass is 127. The number of hydrogen-bond donors (Lipinski definition) is 2. The van der Waals surface area contributed by atoms with E-state index >= 15 is 0 Å². The van der Waals surface area contributed by atoms with Gasteiger partial charge in [0, 0.05) is 20.1 Å². The second-order valence-electron chi connectivity index (χ2n) is 4.10. The first-order chi connectivity index (χ1) is 8.08. The summed E-state index contributed by atoms with van der Waals surface area (Å²) in [4.78, 5) is 4.16. The predicted octanol–water partition coefficient (Wildman–Crippen LogP) is 1.21. The van der Waals surface area contributed by atoms with E-state index in [1.807, 2.05) is 18.5 Å². The summed E-state index contributed by atoms with van der Waals surface area (Å²) in [6.07, 6.45) is 1.06. The number of hydrogen-bond acceptors (Lipinski definition) is 3. The molecule has 1 atom stereocenters. The fourth-order valence-electron chi connectivity index (χ4n) is 1.30. The van der Waals surface area contributed by atoms with Crippen LogP contribution in [0.3, 0.4) is 0 Å². The minimum absolute atomic E-state index is 0. The third kappa shape index (κ3) is 4.79. The molecule has 0 amide bonds. The summed E-state index contributed by atoms with van der Waals surface area (Å²) < 4.78 is 1.96. The Morgan fingerprint density at radius 3 is 2.56 bits per heavy atom. The molecule has 0 saturated carbocycles. The Labute approximate surface area is 126 Å². The molecule has 0 spiro atoms. The fraction of sp³-hybridized carbons (Fsp3) is 0.727. The van der Waals surface area contributed by atoms with E-state index < -0.39 is 0 Å². The Morgan fingerprint density at radius 2 is 2.11 bits per heavy atom. The molecule has 2 N–H and O–H groups in total. The van der Waals surface area contributed by atoms with Crippen molar-refractivity contribution in [1.82, 2.24) is 25.4 Å². The molecule has 7 heteroatoms. The number of rotatable bonds is 4. The van der Waals surface area contributed by atoms with E-state index in [4.69, 9.17) is 0 Å². The van der Waals surface area contributed by atoms with Crippen molar-refractivity contribution in [3.8, 4) is 0 Å². The summed E-state index contributed by atoms with van der Waals surface area (Å²) in [5, 5.41) is 14.6. The van der Waals surface area contributed by atoms with Gasteiger partial charge < -0.3 is 15.2 Å². The molecule has 0 bridgehead atoms. The van der Waals surface area contributed by atoms with Gasteiger partial charge in [-0.05, 0) is 20.3 Å². The van der Waals surface area contributed by atoms with Gasteiger partial charge in [-0.1, -0.05) is 6.92 Å². The fourth-order valence-corrected chi connectivity index (χ4v) is 1.30. The average molecular weight is 366 g/mol. The molecule has 0 aliphatic heterocycles. The van der Waals surface area contributed by atoms with Crippen LogP contribution in [0.1, 0.15) is 31.9 Å². The maximum atomic E-state index is 4.16. The molecule has 6 nitrogen and oxygen atoms in total. The maximum Gasteiger partial charge on any atom is 0.191 e. The van der Waals surface area contributed by atoms with E-state index in [1.165, 1.54) is 0 Å². The minimum Gasteiger partial charge on any atom is -0.354 e. The number of guanidine groups is 1. The first-order valence-electron chi connectivity index (χ1n) is 5.90. The normalized spacial score (nSPS) is 12.8. The van der Waals surface area contributed by atoms with Gasteiger partial charge >= 0.3 is 0 Å². The van der Waals surface area contributed by atoms with Crippen LogP contribution in [0, 0.1) is 6.92 Å². The van der Waals surface area contributed by atoms with Gasteiger partial charge in [0.25, 0.3) is 0 Å². The molecule has 0 aromatic carbocycles. The van der Waals surface area contributed by atoms with Crippen LogP contribution in [0.25, 0.3) is 0 Å². The van der Waals surface area contributed by atoms with Crippen molar-refractivity contribution in [3.63, 3.8) is 0 Å². The van der Waals surface area contributed by atoms with Gasteiger partial charge in [0.05, 0.1) is 6.54 Å². The van der Waals surface area contributed by atoms with Crippen LogP contribution in [0.15, 0.2) is 4.99 Å². The Hall–Kier alpha value is -0.860. The highest BCUT2D eigenvalue weighted by Gasteiger charge is 2.06. The largest absolute Gasteiger partial charge is 0.354 e. The van der Waals surface area contributed by atoms with E-state index in [1.54, 1.807) is 7.05 Å². The molecule has 0 aliphatic carbocycles. The van der Waals surface area contributed by atoms with E-state index in [9.17, 15) is 0 Å². The lowest BCUT2D eigenvalue weighted by Gasteiger charge is -2.16. The zero-order chi connectivity index (χ0) is 12.8. The molecule has 0 radical (unpaired) electrons. The summed E-state index contributed by atoms with van der Waals surface area (Å²) in [6, 6.07) is 0.405. The van der Waals surface area contributed by atoms with Crippen LogP contribution < -0.4 is 10.6 Å². The van der Waals surface area contributed by atoms with E-state index in [0.29, 0.717) is 12.6 Å². The van der Waals surface area contributed by atoms with Crippen molar-refractivity contribution < 1.29 is 0 Å². The first-order valence-corrected chi connectivity index (χ1v) is 5.90. The number of aryl methyl sites for hydroxylation is 1. The molecule has 1 rings (SSSR count). The van der Waals surface area contributed by atoms with Gasteiger partial charge in [-0.15, -0.1) is 34.2 Å². The summed E-state index contributed by atoms with van der Waals surface area (Å²) in [5.41, 5.74) is 0. The second-order valence-corrected chi connectivity index (χ2v) is 4.10. The van der Waals surface area contributed by atoms with Gasteiger partial charge in [0.1, 0.15) is 5.82 Å². The Kier molecular flexibility index (Phi) is 7.88. The summed E-state index contributed by atoms with van der Waals surface area (Å²) in [6.45, 7) is 6.81. The second kappa shape index (κ2) is 8.28. The minimum atomic E-state index is 0. The molecule has 0 fully saturated rings. The van der Waals surface area contributed by atoms with Gasteiger partial charge in [-0.2, -0.15) is 0 Å². The molecule has 1 heterocycles. The van der Waals surface area contributed by atoms with Crippen molar-refractivity contribution in [2.75, 3.05) is 7.05 Å². The number of nitrogens with zero attached hydrogens (tertiary/aromatic N) is 4. The van der Waals surface area contributed by atoms with Gasteiger partial charge in [0.15, 0.2) is 11.8 Å². The smallest absolute Gasteiger partial charge is 0.191 e. The third-order valence-electron chi connectivity index (χ3n) is 2.82. The van der Waals surface area contributed by atoms with Crippen LogP contribution in [-0.4, -0.2) is 33.8 Å².